The summed E-state index contributed by atoms with van der Waals surface area (Å²) < 4.78 is 7.85. The smallest absolute Gasteiger partial charge is 0.343 e. The molecule has 0 spiro atoms. The van der Waals surface area contributed by atoms with E-state index in [1.54, 1.807) is 30.5 Å². The number of rotatable bonds is 3. The van der Waals surface area contributed by atoms with Crippen molar-refractivity contribution in [1.82, 2.24) is 29.6 Å². The fourth-order valence-corrected chi connectivity index (χ4v) is 1.91. The van der Waals surface area contributed by atoms with E-state index >= 15 is 0 Å². The van der Waals surface area contributed by atoms with Crippen molar-refractivity contribution in [3.05, 3.63) is 29.7 Å². The first-order valence-corrected chi connectivity index (χ1v) is 6.32. The zero-order valence-corrected chi connectivity index (χ0v) is 11.5. The van der Waals surface area contributed by atoms with Crippen LogP contribution in [0.4, 0.5) is 5.82 Å². The molecule has 3 aromatic heterocycles. The van der Waals surface area contributed by atoms with Gasteiger partial charge in [0.25, 0.3) is 0 Å². The van der Waals surface area contributed by atoms with Crippen LogP contribution in [0.1, 0.15) is 23.1 Å². The molecule has 0 aliphatic carbocycles. The summed E-state index contributed by atoms with van der Waals surface area (Å²) in [5.74, 6) is 0.760. The Kier molecular flexibility index (Phi) is 3.01. The highest BCUT2D eigenvalue weighted by Crippen LogP contribution is 2.17. The molecule has 9 nitrogen and oxygen atoms in total. The maximum absolute atomic E-state index is 11.7. The third-order valence-electron chi connectivity index (χ3n) is 2.92. The largest absolute Gasteiger partial charge is 0.462 e. The molecule has 0 fully saturated rings. The van der Waals surface area contributed by atoms with Gasteiger partial charge < -0.3 is 10.5 Å². The fraction of sp³-hybridized carbons (Fsp3) is 0.250. The number of nitrogen functional groups attached to an aromatic ring is 1. The molecular weight excluding hydrogens is 274 g/mol. The third kappa shape index (κ3) is 2.08. The van der Waals surface area contributed by atoms with Gasteiger partial charge >= 0.3 is 5.97 Å². The lowest BCUT2D eigenvalue weighted by molar-refractivity contribution is 0.0527. The maximum atomic E-state index is 11.7. The monoisotopic (exact) mass is 287 g/mol. The van der Waals surface area contributed by atoms with E-state index < -0.39 is 5.97 Å². The van der Waals surface area contributed by atoms with Gasteiger partial charge in [0.2, 0.25) is 0 Å². The van der Waals surface area contributed by atoms with Crippen molar-refractivity contribution in [3.63, 3.8) is 0 Å². The quantitative estimate of drug-likeness (QED) is 0.692. The predicted octanol–water partition coefficient (Wildman–Crippen LogP) is 0.377. The minimum atomic E-state index is -0.511. The number of hydrogen-bond acceptors (Lipinski definition) is 7. The first-order valence-electron chi connectivity index (χ1n) is 6.32. The summed E-state index contributed by atoms with van der Waals surface area (Å²) in [6.07, 6.45) is 1.36. The van der Waals surface area contributed by atoms with Crippen molar-refractivity contribution in [2.45, 2.75) is 13.8 Å². The number of carbonyl (C=O) groups excluding carboxylic acids is 1. The van der Waals surface area contributed by atoms with Crippen LogP contribution in [0.25, 0.3) is 11.5 Å². The molecule has 0 aromatic carbocycles. The second kappa shape index (κ2) is 4.85. The SMILES string of the molecule is CCOC(=O)c1cnn(-c2ccc3nnc(C)n3n2)c1N. The van der Waals surface area contributed by atoms with E-state index in [9.17, 15) is 4.79 Å². The van der Waals surface area contributed by atoms with E-state index in [2.05, 4.69) is 20.4 Å². The average Bonchev–Trinajstić information content (AvgIpc) is 3.03. The zero-order chi connectivity index (χ0) is 15.0. The van der Waals surface area contributed by atoms with Crippen LogP contribution in [0, 0.1) is 6.92 Å². The fourth-order valence-electron chi connectivity index (χ4n) is 1.91. The summed E-state index contributed by atoms with van der Waals surface area (Å²) in [5, 5.41) is 16.3. The Morgan fingerprint density at radius 1 is 1.38 bits per heavy atom. The van der Waals surface area contributed by atoms with E-state index in [1.165, 1.54) is 10.9 Å². The standard InChI is InChI=1S/C12H13N7O2/c1-3-21-12(20)8-6-14-19(11(8)13)10-5-4-9-16-15-7(2)18(9)17-10/h4-6H,3,13H2,1-2H3. The van der Waals surface area contributed by atoms with Crippen LogP contribution in [0.5, 0.6) is 0 Å². The Bertz CT molecular complexity index is 820. The van der Waals surface area contributed by atoms with Gasteiger partial charge in [-0.1, -0.05) is 0 Å². The van der Waals surface area contributed by atoms with Gasteiger partial charge in [0.05, 0.1) is 12.8 Å². The van der Waals surface area contributed by atoms with Gasteiger partial charge in [-0.2, -0.15) is 14.3 Å². The summed E-state index contributed by atoms with van der Waals surface area (Å²) >= 11 is 0. The van der Waals surface area contributed by atoms with Gasteiger partial charge in [0.1, 0.15) is 11.4 Å². The molecule has 0 saturated carbocycles. The molecule has 9 heteroatoms. The van der Waals surface area contributed by atoms with Crippen molar-refractivity contribution in [3.8, 4) is 5.82 Å². The molecule has 3 heterocycles. The van der Waals surface area contributed by atoms with Gasteiger partial charge in [-0.05, 0) is 26.0 Å². The van der Waals surface area contributed by atoms with Crippen LogP contribution in [0.15, 0.2) is 18.3 Å². The Balaban J connectivity index is 2.06. The van der Waals surface area contributed by atoms with Crippen molar-refractivity contribution in [2.75, 3.05) is 12.3 Å². The number of anilines is 1. The Hall–Kier alpha value is -2.97. The summed E-state index contributed by atoms with van der Waals surface area (Å²) in [7, 11) is 0. The van der Waals surface area contributed by atoms with Gasteiger partial charge in [-0.3, -0.25) is 0 Å². The van der Waals surface area contributed by atoms with E-state index in [-0.39, 0.29) is 18.0 Å². The van der Waals surface area contributed by atoms with Crippen molar-refractivity contribution >= 4 is 17.4 Å². The topological polar surface area (TPSA) is 113 Å². The molecule has 0 bridgehead atoms. The van der Waals surface area contributed by atoms with Crippen LogP contribution in [-0.4, -0.2) is 42.2 Å². The number of hydrogen-bond donors (Lipinski definition) is 1. The summed E-state index contributed by atoms with van der Waals surface area (Å²) in [5.41, 5.74) is 6.77. The lowest BCUT2D eigenvalue weighted by atomic mass is 10.3. The molecule has 0 amide bonds. The minimum absolute atomic E-state index is 0.172. The molecule has 3 aromatic rings. The van der Waals surface area contributed by atoms with Gasteiger partial charge in [0, 0.05) is 0 Å². The van der Waals surface area contributed by atoms with E-state index in [4.69, 9.17) is 10.5 Å². The molecule has 3 rings (SSSR count). The van der Waals surface area contributed by atoms with Crippen LogP contribution in [0.3, 0.4) is 0 Å². The first kappa shape index (κ1) is 13.0. The van der Waals surface area contributed by atoms with Crippen molar-refractivity contribution < 1.29 is 9.53 Å². The Labute approximate surface area is 119 Å². The molecule has 0 aliphatic heterocycles. The molecule has 0 saturated heterocycles. The maximum Gasteiger partial charge on any atom is 0.343 e. The summed E-state index contributed by atoms with van der Waals surface area (Å²) in [6.45, 7) is 3.78. The highest BCUT2D eigenvalue weighted by atomic mass is 16.5. The number of aryl methyl sites for hydroxylation is 1. The second-order valence-electron chi connectivity index (χ2n) is 4.28. The minimum Gasteiger partial charge on any atom is -0.462 e. The number of carbonyl (C=O) groups is 1. The summed E-state index contributed by atoms with van der Waals surface area (Å²) in [4.78, 5) is 11.7. The van der Waals surface area contributed by atoms with E-state index in [0.29, 0.717) is 17.3 Å². The number of aromatic nitrogens is 6. The highest BCUT2D eigenvalue weighted by molar-refractivity contribution is 5.94. The zero-order valence-electron chi connectivity index (χ0n) is 11.5. The van der Waals surface area contributed by atoms with Crippen LogP contribution < -0.4 is 5.73 Å². The molecule has 0 radical (unpaired) electrons. The van der Waals surface area contributed by atoms with Gasteiger partial charge in [-0.25, -0.2) is 4.79 Å². The molecule has 0 unspecified atom stereocenters. The molecule has 21 heavy (non-hydrogen) atoms. The van der Waals surface area contributed by atoms with Gasteiger partial charge in [0.15, 0.2) is 17.3 Å². The normalized spacial score (nSPS) is 11.0. The van der Waals surface area contributed by atoms with Crippen LogP contribution >= 0.6 is 0 Å². The first-order chi connectivity index (χ1) is 10.1. The van der Waals surface area contributed by atoms with E-state index in [1.807, 2.05) is 0 Å². The third-order valence-corrected chi connectivity index (χ3v) is 2.92. The van der Waals surface area contributed by atoms with Gasteiger partial charge in [-0.15, -0.1) is 15.3 Å². The number of nitrogens with zero attached hydrogens (tertiary/aromatic N) is 6. The van der Waals surface area contributed by atoms with Crippen LogP contribution in [0.2, 0.25) is 0 Å². The van der Waals surface area contributed by atoms with Crippen LogP contribution in [-0.2, 0) is 4.74 Å². The highest BCUT2D eigenvalue weighted by Gasteiger charge is 2.18. The van der Waals surface area contributed by atoms with Crippen molar-refractivity contribution in [1.29, 1.82) is 0 Å². The molecule has 0 atom stereocenters. The predicted molar refractivity (Wildman–Crippen MR) is 73.0 cm³/mol. The molecular formula is C12H13N7O2. The molecule has 108 valence electrons. The Morgan fingerprint density at radius 3 is 2.95 bits per heavy atom. The lowest BCUT2D eigenvalue weighted by Gasteiger charge is -2.04. The van der Waals surface area contributed by atoms with Crippen molar-refractivity contribution in [2.24, 2.45) is 0 Å². The van der Waals surface area contributed by atoms with E-state index in [0.717, 1.165) is 0 Å². The lowest BCUT2D eigenvalue weighted by Crippen LogP contribution is -2.10. The number of nitrogens with two attached hydrogens (primary N) is 1. The Morgan fingerprint density at radius 2 is 2.19 bits per heavy atom. The number of ether oxygens (including phenoxy) is 1. The average molecular weight is 287 g/mol. The number of fused-ring (bicyclic) bond motifs is 1. The number of esters is 1. The second-order valence-corrected chi connectivity index (χ2v) is 4.28. The molecule has 0 aliphatic rings. The summed E-state index contributed by atoms with van der Waals surface area (Å²) in [6, 6.07) is 3.44. The molecule has 2 N–H and O–H groups in total.